The molecule has 148 valence electrons. The zero-order valence-corrected chi connectivity index (χ0v) is 16.4. The van der Waals surface area contributed by atoms with Gasteiger partial charge in [-0.2, -0.15) is 5.10 Å². The number of nitrogens with one attached hydrogen (secondary N) is 2. The number of benzene rings is 1. The lowest BCUT2D eigenvalue weighted by Crippen LogP contribution is -2.39. The standard InChI is InChI=1S/C22H28N4O2/c1-15-20(14-24-25-15)13-23-21(27)18-4-2-16(3-5-18)12-17-8-10-26(11-9-17)22(28)19-6-7-19/h2-5,14,17,19H,6-13H2,1H3,(H,23,27)(H,24,25). The molecule has 2 heterocycles. The van der Waals surface area contributed by atoms with E-state index in [1.165, 1.54) is 5.56 Å². The van der Waals surface area contributed by atoms with Crippen molar-refractivity contribution in [2.75, 3.05) is 13.1 Å². The maximum atomic E-state index is 12.3. The molecule has 2 amide bonds. The Balaban J connectivity index is 1.25. The average Bonchev–Trinajstić information content (AvgIpc) is 3.49. The molecule has 1 aromatic carbocycles. The average molecular weight is 380 g/mol. The number of aryl methyl sites for hydroxylation is 1. The van der Waals surface area contributed by atoms with Crippen LogP contribution in [0.15, 0.2) is 30.5 Å². The fraction of sp³-hybridized carbons (Fsp3) is 0.500. The molecule has 6 nitrogen and oxygen atoms in total. The van der Waals surface area contributed by atoms with Gasteiger partial charge in [0.15, 0.2) is 0 Å². The van der Waals surface area contributed by atoms with Gasteiger partial charge < -0.3 is 10.2 Å². The highest BCUT2D eigenvalue weighted by Gasteiger charge is 2.34. The van der Waals surface area contributed by atoms with Crippen molar-refractivity contribution in [2.24, 2.45) is 11.8 Å². The molecule has 6 heteroatoms. The quantitative estimate of drug-likeness (QED) is 0.809. The molecule has 4 rings (SSSR count). The fourth-order valence-corrected chi connectivity index (χ4v) is 3.90. The molecule has 1 aliphatic heterocycles. The number of carbonyl (C=O) groups is 2. The highest BCUT2D eigenvalue weighted by molar-refractivity contribution is 5.94. The van der Waals surface area contributed by atoms with Gasteiger partial charge >= 0.3 is 0 Å². The zero-order chi connectivity index (χ0) is 19.5. The zero-order valence-electron chi connectivity index (χ0n) is 16.4. The third-order valence-corrected chi connectivity index (χ3v) is 5.97. The SMILES string of the molecule is Cc1[nH]ncc1CNC(=O)c1ccc(CC2CCN(C(=O)C3CC3)CC2)cc1. The number of hydrogen-bond donors (Lipinski definition) is 2. The molecule has 0 atom stereocenters. The van der Waals surface area contributed by atoms with Gasteiger partial charge in [0.05, 0.1) is 6.20 Å². The van der Waals surface area contributed by atoms with E-state index >= 15 is 0 Å². The van der Waals surface area contributed by atoms with Gasteiger partial charge in [0, 0.05) is 42.4 Å². The molecule has 1 saturated carbocycles. The summed E-state index contributed by atoms with van der Waals surface area (Å²) in [6.07, 6.45) is 7.07. The molecule has 1 aromatic heterocycles. The van der Waals surface area contributed by atoms with Gasteiger partial charge in [-0.1, -0.05) is 12.1 Å². The molecule has 2 fully saturated rings. The summed E-state index contributed by atoms with van der Waals surface area (Å²) in [6, 6.07) is 7.91. The largest absolute Gasteiger partial charge is 0.348 e. The number of aromatic nitrogens is 2. The minimum absolute atomic E-state index is 0.0703. The lowest BCUT2D eigenvalue weighted by Gasteiger charge is -2.32. The molecule has 1 aliphatic carbocycles. The van der Waals surface area contributed by atoms with Gasteiger partial charge in [0.25, 0.3) is 5.91 Å². The first-order valence-corrected chi connectivity index (χ1v) is 10.2. The van der Waals surface area contributed by atoms with Crippen LogP contribution in [-0.2, 0) is 17.8 Å². The summed E-state index contributed by atoms with van der Waals surface area (Å²) >= 11 is 0. The Morgan fingerprint density at radius 1 is 1.14 bits per heavy atom. The van der Waals surface area contributed by atoms with Crippen LogP contribution < -0.4 is 5.32 Å². The van der Waals surface area contributed by atoms with E-state index < -0.39 is 0 Å². The number of rotatable bonds is 6. The summed E-state index contributed by atoms with van der Waals surface area (Å²) in [7, 11) is 0. The van der Waals surface area contributed by atoms with Gasteiger partial charge in [-0.15, -0.1) is 0 Å². The molecule has 1 saturated heterocycles. The molecule has 0 bridgehead atoms. The van der Waals surface area contributed by atoms with Crippen LogP contribution in [0.3, 0.4) is 0 Å². The van der Waals surface area contributed by atoms with Crippen LogP contribution >= 0.6 is 0 Å². The van der Waals surface area contributed by atoms with Gasteiger partial charge in [0.1, 0.15) is 0 Å². The fourth-order valence-electron chi connectivity index (χ4n) is 3.90. The second kappa shape index (κ2) is 8.17. The molecule has 28 heavy (non-hydrogen) atoms. The van der Waals surface area contributed by atoms with Gasteiger partial charge in [-0.25, -0.2) is 0 Å². The number of H-pyrrole nitrogens is 1. The van der Waals surface area contributed by atoms with Crippen LogP contribution in [-0.4, -0.2) is 40.0 Å². The van der Waals surface area contributed by atoms with Crippen LogP contribution in [0.5, 0.6) is 0 Å². The number of amides is 2. The number of likely N-dealkylation sites (tertiary alicyclic amines) is 1. The Morgan fingerprint density at radius 3 is 2.46 bits per heavy atom. The molecule has 0 radical (unpaired) electrons. The summed E-state index contributed by atoms with van der Waals surface area (Å²) in [4.78, 5) is 26.5. The summed E-state index contributed by atoms with van der Waals surface area (Å²) in [5.41, 5.74) is 3.90. The molecular formula is C22H28N4O2. The molecule has 0 unspecified atom stereocenters. The third-order valence-electron chi connectivity index (χ3n) is 5.97. The van der Waals surface area contributed by atoms with Crippen molar-refractivity contribution in [1.29, 1.82) is 0 Å². The first kappa shape index (κ1) is 18.7. The van der Waals surface area contributed by atoms with E-state index in [2.05, 4.69) is 32.5 Å². The molecular weight excluding hydrogens is 352 g/mol. The van der Waals surface area contributed by atoms with Gasteiger partial charge in [-0.3, -0.25) is 14.7 Å². The Morgan fingerprint density at radius 2 is 1.86 bits per heavy atom. The van der Waals surface area contributed by atoms with Gasteiger partial charge in [0.2, 0.25) is 5.91 Å². The van der Waals surface area contributed by atoms with Crippen molar-refractivity contribution in [2.45, 2.75) is 45.6 Å². The van der Waals surface area contributed by atoms with Crippen molar-refractivity contribution < 1.29 is 9.59 Å². The lowest BCUT2D eigenvalue weighted by molar-refractivity contribution is -0.133. The number of carbonyl (C=O) groups excluding carboxylic acids is 2. The highest BCUT2D eigenvalue weighted by Crippen LogP contribution is 2.32. The van der Waals surface area contributed by atoms with Crippen LogP contribution in [0.2, 0.25) is 0 Å². The van der Waals surface area contributed by atoms with Crippen molar-refractivity contribution in [3.8, 4) is 0 Å². The van der Waals surface area contributed by atoms with Crippen molar-refractivity contribution in [3.63, 3.8) is 0 Å². The number of aromatic amines is 1. The predicted molar refractivity (Wildman–Crippen MR) is 107 cm³/mol. The Hall–Kier alpha value is -2.63. The van der Waals surface area contributed by atoms with Crippen LogP contribution in [0, 0.1) is 18.8 Å². The molecule has 2 aromatic rings. The van der Waals surface area contributed by atoms with E-state index in [0.717, 1.165) is 56.5 Å². The van der Waals surface area contributed by atoms with Crippen molar-refractivity contribution in [3.05, 3.63) is 52.8 Å². The van der Waals surface area contributed by atoms with Gasteiger partial charge in [-0.05, 0) is 62.6 Å². The number of hydrogen-bond acceptors (Lipinski definition) is 3. The summed E-state index contributed by atoms with van der Waals surface area (Å²) in [6.45, 7) is 4.21. The molecule has 2 aliphatic rings. The summed E-state index contributed by atoms with van der Waals surface area (Å²) < 4.78 is 0. The molecule has 2 N–H and O–H groups in total. The second-order valence-corrected chi connectivity index (χ2v) is 8.15. The first-order chi connectivity index (χ1) is 13.6. The Kier molecular flexibility index (Phi) is 5.46. The lowest BCUT2D eigenvalue weighted by atomic mass is 9.89. The summed E-state index contributed by atoms with van der Waals surface area (Å²) in [5, 5.41) is 9.78. The van der Waals surface area contributed by atoms with Crippen LogP contribution in [0.4, 0.5) is 0 Å². The van der Waals surface area contributed by atoms with E-state index in [0.29, 0.717) is 29.9 Å². The first-order valence-electron chi connectivity index (χ1n) is 10.2. The number of nitrogens with zero attached hydrogens (tertiary/aromatic N) is 2. The molecule has 0 spiro atoms. The minimum atomic E-state index is -0.0703. The maximum Gasteiger partial charge on any atom is 0.251 e. The maximum absolute atomic E-state index is 12.3. The highest BCUT2D eigenvalue weighted by atomic mass is 16.2. The topological polar surface area (TPSA) is 78.1 Å². The van der Waals surface area contributed by atoms with E-state index in [1.54, 1.807) is 6.20 Å². The Bertz CT molecular complexity index is 830. The van der Waals surface area contributed by atoms with Crippen LogP contribution in [0.1, 0.15) is 52.9 Å². The second-order valence-electron chi connectivity index (χ2n) is 8.15. The Labute approximate surface area is 165 Å². The summed E-state index contributed by atoms with van der Waals surface area (Å²) in [5.74, 6) is 1.25. The number of piperidine rings is 1. The van der Waals surface area contributed by atoms with E-state index in [1.807, 2.05) is 19.1 Å². The van der Waals surface area contributed by atoms with Crippen molar-refractivity contribution in [1.82, 2.24) is 20.4 Å². The third kappa shape index (κ3) is 4.43. The van der Waals surface area contributed by atoms with E-state index in [4.69, 9.17) is 0 Å². The normalized spacial score (nSPS) is 17.5. The van der Waals surface area contributed by atoms with Crippen LogP contribution in [0.25, 0.3) is 0 Å². The van der Waals surface area contributed by atoms with Crippen molar-refractivity contribution >= 4 is 11.8 Å². The monoisotopic (exact) mass is 380 g/mol. The van der Waals surface area contributed by atoms with E-state index in [9.17, 15) is 9.59 Å². The minimum Gasteiger partial charge on any atom is -0.348 e. The smallest absolute Gasteiger partial charge is 0.251 e. The van der Waals surface area contributed by atoms with E-state index in [-0.39, 0.29) is 5.91 Å². The predicted octanol–water partition coefficient (Wildman–Crippen LogP) is 2.84.